The molecule has 0 saturated carbocycles. The normalized spacial score (nSPS) is 11.4. The molecule has 3 nitrogen and oxygen atoms in total. The van der Waals surface area contributed by atoms with Gasteiger partial charge in [-0.15, -0.1) is 0 Å². The molecule has 0 aromatic heterocycles. The fourth-order valence-corrected chi connectivity index (χ4v) is 1.23. The molecule has 0 fully saturated rings. The first-order valence-corrected chi connectivity index (χ1v) is 4.25. The summed E-state index contributed by atoms with van der Waals surface area (Å²) in [6.45, 7) is 6.90. The molecule has 0 aliphatic heterocycles. The molecule has 0 saturated heterocycles. The van der Waals surface area contributed by atoms with Gasteiger partial charge in [0.15, 0.2) is 5.92 Å². The zero-order valence-electron chi connectivity index (χ0n) is 7.93. The Balaban J connectivity index is 2.90. The Labute approximate surface area is 83.1 Å². The highest BCUT2D eigenvalue weighted by Crippen LogP contribution is 2.17. The maximum atomic E-state index is 11.3. The topological polar surface area (TPSA) is 30.7 Å². The maximum Gasteiger partial charge on any atom is 0.320 e. The van der Waals surface area contributed by atoms with Crippen LogP contribution in [0.5, 0.6) is 0 Å². The van der Waals surface area contributed by atoms with Gasteiger partial charge in [0.2, 0.25) is 6.54 Å². The van der Waals surface area contributed by atoms with E-state index in [-0.39, 0.29) is 12.5 Å². The fourth-order valence-electron chi connectivity index (χ4n) is 1.23. The van der Waals surface area contributed by atoms with Gasteiger partial charge in [0, 0.05) is 0 Å². The molecule has 1 atom stereocenters. The first kappa shape index (κ1) is 10.3. The molecule has 1 aromatic rings. The standard InChI is InChI=1S/C11H11NO2/c1-12-8-10(11(13)14-2)9-6-4-3-5-7-9/h3-7,10H,8H2,2H3. The van der Waals surface area contributed by atoms with Crippen molar-refractivity contribution in [2.75, 3.05) is 13.7 Å². The largest absolute Gasteiger partial charge is 0.468 e. The summed E-state index contributed by atoms with van der Waals surface area (Å²) in [4.78, 5) is 14.6. The minimum absolute atomic E-state index is 0.136. The lowest BCUT2D eigenvalue weighted by atomic mass is 10.00. The summed E-state index contributed by atoms with van der Waals surface area (Å²) < 4.78 is 4.64. The lowest BCUT2D eigenvalue weighted by Gasteiger charge is -2.08. The van der Waals surface area contributed by atoms with Crippen LogP contribution in [0, 0.1) is 6.57 Å². The molecule has 0 amide bonds. The Morgan fingerprint density at radius 3 is 2.64 bits per heavy atom. The quantitative estimate of drug-likeness (QED) is 0.536. The van der Waals surface area contributed by atoms with Gasteiger partial charge >= 0.3 is 5.97 Å². The highest BCUT2D eigenvalue weighted by molar-refractivity contribution is 5.78. The number of hydrogen-bond acceptors (Lipinski definition) is 2. The van der Waals surface area contributed by atoms with Crippen molar-refractivity contribution in [3.8, 4) is 0 Å². The predicted molar refractivity (Wildman–Crippen MR) is 52.7 cm³/mol. The number of benzene rings is 1. The van der Waals surface area contributed by atoms with E-state index >= 15 is 0 Å². The molecule has 0 radical (unpaired) electrons. The number of nitrogens with zero attached hydrogens (tertiary/aromatic N) is 1. The molecule has 0 bridgehead atoms. The number of hydrogen-bond donors (Lipinski definition) is 0. The summed E-state index contributed by atoms with van der Waals surface area (Å²) in [6.07, 6.45) is 0. The zero-order valence-corrected chi connectivity index (χ0v) is 7.93. The molecule has 1 unspecified atom stereocenters. The van der Waals surface area contributed by atoms with Crippen LogP contribution in [-0.4, -0.2) is 19.6 Å². The molecule has 72 valence electrons. The van der Waals surface area contributed by atoms with Crippen molar-refractivity contribution in [1.82, 2.24) is 0 Å². The van der Waals surface area contributed by atoms with Gasteiger partial charge in [0.05, 0.1) is 7.11 Å². The van der Waals surface area contributed by atoms with Gasteiger partial charge in [-0.25, -0.2) is 6.57 Å². The number of methoxy groups -OCH3 is 1. The fraction of sp³-hybridized carbons (Fsp3) is 0.273. The van der Waals surface area contributed by atoms with E-state index in [1.807, 2.05) is 30.3 Å². The van der Waals surface area contributed by atoms with E-state index in [4.69, 9.17) is 6.57 Å². The van der Waals surface area contributed by atoms with E-state index in [1.165, 1.54) is 7.11 Å². The maximum absolute atomic E-state index is 11.3. The summed E-state index contributed by atoms with van der Waals surface area (Å²) in [7, 11) is 1.34. The van der Waals surface area contributed by atoms with E-state index in [2.05, 4.69) is 9.58 Å². The van der Waals surface area contributed by atoms with E-state index in [1.54, 1.807) is 0 Å². The van der Waals surface area contributed by atoms with Crippen molar-refractivity contribution in [2.24, 2.45) is 0 Å². The first-order valence-electron chi connectivity index (χ1n) is 4.25. The Kier molecular flexibility index (Phi) is 3.69. The van der Waals surface area contributed by atoms with Gasteiger partial charge < -0.3 is 9.58 Å². The van der Waals surface area contributed by atoms with E-state index in [0.29, 0.717) is 0 Å². The summed E-state index contributed by atoms with van der Waals surface area (Å²) in [5, 5.41) is 0. The average molecular weight is 189 g/mol. The van der Waals surface area contributed by atoms with Crippen LogP contribution in [0.4, 0.5) is 0 Å². The van der Waals surface area contributed by atoms with Crippen molar-refractivity contribution >= 4 is 5.97 Å². The SMILES string of the molecule is [C-]#[N+]CC(C(=O)OC)c1ccccc1. The zero-order chi connectivity index (χ0) is 10.4. The summed E-state index contributed by atoms with van der Waals surface area (Å²) in [6, 6.07) is 9.21. The molecule has 0 heterocycles. The van der Waals surface area contributed by atoms with Gasteiger partial charge in [-0.2, -0.15) is 0 Å². The second-order valence-corrected chi connectivity index (χ2v) is 2.83. The highest BCUT2D eigenvalue weighted by Gasteiger charge is 2.23. The van der Waals surface area contributed by atoms with Crippen molar-refractivity contribution in [3.63, 3.8) is 0 Å². The van der Waals surface area contributed by atoms with E-state index in [9.17, 15) is 4.79 Å². The lowest BCUT2D eigenvalue weighted by molar-refractivity contribution is -0.142. The smallest absolute Gasteiger partial charge is 0.320 e. The summed E-state index contributed by atoms with van der Waals surface area (Å²) >= 11 is 0. The number of ether oxygens (including phenoxy) is 1. The van der Waals surface area contributed by atoms with Gasteiger partial charge in [0.1, 0.15) is 0 Å². The molecule has 0 spiro atoms. The molecule has 1 rings (SSSR count). The van der Waals surface area contributed by atoms with Crippen molar-refractivity contribution in [3.05, 3.63) is 47.3 Å². The minimum atomic E-state index is -0.460. The van der Waals surface area contributed by atoms with Crippen LogP contribution in [0.1, 0.15) is 11.5 Å². The van der Waals surface area contributed by atoms with Crippen LogP contribution in [0.25, 0.3) is 4.85 Å². The molecule has 0 aliphatic carbocycles. The van der Waals surface area contributed by atoms with Crippen LogP contribution in [-0.2, 0) is 9.53 Å². The van der Waals surface area contributed by atoms with Crippen molar-refractivity contribution in [1.29, 1.82) is 0 Å². The van der Waals surface area contributed by atoms with Crippen LogP contribution >= 0.6 is 0 Å². The van der Waals surface area contributed by atoms with Gasteiger partial charge in [-0.3, -0.25) is 4.79 Å². The third-order valence-electron chi connectivity index (χ3n) is 1.96. The molecular formula is C11H11NO2. The molecule has 0 N–H and O–H groups in total. The Morgan fingerprint density at radius 2 is 2.14 bits per heavy atom. The summed E-state index contributed by atoms with van der Waals surface area (Å²) in [5.74, 6) is -0.814. The number of carbonyl (C=O) groups is 1. The van der Waals surface area contributed by atoms with Crippen LogP contribution in [0.15, 0.2) is 30.3 Å². The van der Waals surface area contributed by atoms with Gasteiger partial charge in [0.25, 0.3) is 0 Å². The number of esters is 1. The molecule has 1 aromatic carbocycles. The van der Waals surface area contributed by atoms with Gasteiger partial charge in [-0.05, 0) is 5.56 Å². The first-order chi connectivity index (χ1) is 6.79. The second kappa shape index (κ2) is 5.03. The Morgan fingerprint density at radius 1 is 1.50 bits per heavy atom. The predicted octanol–water partition coefficient (Wildman–Crippen LogP) is 1.86. The number of carbonyl (C=O) groups excluding carboxylic acids is 1. The molecule has 0 aliphatic rings. The highest BCUT2D eigenvalue weighted by atomic mass is 16.5. The monoisotopic (exact) mass is 189 g/mol. The van der Waals surface area contributed by atoms with Crippen molar-refractivity contribution < 1.29 is 9.53 Å². The third-order valence-corrected chi connectivity index (χ3v) is 1.96. The minimum Gasteiger partial charge on any atom is -0.468 e. The van der Waals surface area contributed by atoms with E-state index < -0.39 is 5.92 Å². The Bertz CT molecular complexity index is 340. The molecule has 14 heavy (non-hydrogen) atoms. The Hall–Kier alpha value is -1.82. The molecule has 3 heteroatoms. The lowest BCUT2D eigenvalue weighted by Crippen LogP contribution is -2.16. The van der Waals surface area contributed by atoms with Crippen LogP contribution in [0.2, 0.25) is 0 Å². The average Bonchev–Trinajstić information content (AvgIpc) is 2.26. The van der Waals surface area contributed by atoms with E-state index in [0.717, 1.165) is 5.56 Å². The second-order valence-electron chi connectivity index (χ2n) is 2.83. The van der Waals surface area contributed by atoms with Gasteiger partial charge in [-0.1, -0.05) is 30.3 Å². The third kappa shape index (κ3) is 2.33. The number of rotatable bonds is 3. The van der Waals surface area contributed by atoms with Crippen LogP contribution in [0.3, 0.4) is 0 Å². The summed E-state index contributed by atoms with van der Waals surface area (Å²) in [5.41, 5.74) is 0.829. The molecular weight excluding hydrogens is 178 g/mol. The van der Waals surface area contributed by atoms with Crippen LogP contribution < -0.4 is 0 Å². The van der Waals surface area contributed by atoms with Crippen molar-refractivity contribution in [2.45, 2.75) is 5.92 Å².